The van der Waals surface area contributed by atoms with Crippen LogP contribution in [0.3, 0.4) is 0 Å². The molecule has 0 aromatic heterocycles. The first-order chi connectivity index (χ1) is 9.79. The Morgan fingerprint density at radius 1 is 1.33 bits per heavy atom. The molecule has 2 N–H and O–H groups in total. The van der Waals surface area contributed by atoms with Crippen molar-refractivity contribution in [1.29, 1.82) is 0 Å². The summed E-state index contributed by atoms with van der Waals surface area (Å²) in [6, 6.07) is 4.43. The summed E-state index contributed by atoms with van der Waals surface area (Å²) in [5.74, 6) is 0.788. The van der Waals surface area contributed by atoms with E-state index < -0.39 is 11.7 Å². The Hall–Kier alpha value is -0.880. The molecule has 0 saturated heterocycles. The summed E-state index contributed by atoms with van der Waals surface area (Å²) in [5, 5.41) is 0. The predicted octanol–water partition coefficient (Wildman–Crippen LogP) is 3.78. The highest BCUT2D eigenvalue weighted by atomic mass is 32.2. The molecular formula is C15H23F3N2S. The van der Waals surface area contributed by atoms with Crippen LogP contribution in [0.1, 0.15) is 24.5 Å². The number of hydrogen-bond acceptors (Lipinski definition) is 3. The molecule has 0 heterocycles. The number of rotatable bonds is 7. The van der Waals surface area contributed by atoms with Crippen molar-refractivity contribution in [3.05, 3.63) is 29.3 Å². The Morgan fingerprint density at radius 3 is 2.52 bits per heavy atom. The van der Waals surface area contributed by atoms with Crippen molar-refractivity contribution in [3.63, 3.8) is 0 Å². The van der Waals surface area contributed by atoms with Crippen LogP contribution in [0.5, 0.6) is 0 Å². The molecule has 0 spiro atoms. The average Bonchev–Trinajstić information content (AvgIpc) is 2.43. The van der Waals surface area contributed by atoms with Crippen LogP contribution in [0.2, 0.25) is 0 Å². The molecule has 0 aliphatic carbocycles. The molecule has 1 aromatic rings. The van der Waals surface area contributed by atoms with Gasteiger partial charge in [-0.05, 0) is 36.8 Å². The molecule has 0 aliphatic rings. The maximum Gasteiger partial charge on any atom is 0.418 e. The van der Waals surface area contributed by atoms with Crippen LogP contribution >= 0.6 is 11.8 Å². The van der Waals surface area contributed by atoms with Gasteiger partial charge in [0.1, 0.15) is 0 Å². The number of nitrogens with zero attached hydrogens (tertiary/aromatic N) is 1. The van der Waals surface area contributed by atoms with Crippen LogP contribution in [-0.2, 0) is 12.6 Å². The summed E-state index contributed by atoms with van der Waals surface area (Å²) in [6.45, 7) is 2.51. The Balaban J connectivity index is 3.08. The minimum Gasteiger partial charge on any atom is -0.373 e. The van der Waals surface area contributed by atoms with Crippen LogP contribution in [0, 0.1) is 0 Å². The van der Waals surface area contributed by atoms with Crippen molar-refractivity contribution < 1.29 is 13.2 Å². The first kappa shape index (κ1) is 18.2. The van der Waals surface area contributed by atoms with E-state index in [1.807, 2.05) is 13.2 Å². The zero-order valence-electron chi connectivity index (χ0n) is 12.7. The second kappa shape index (κ2) is 7.94. The van der Waals surface area contributed by atoms with Gasteiger partial charge in [-0.25, -0.2) is 0 Å². The average molecular weight is 320 g/mol. The number of benzene rings is 1. The fourth-order valence-corrected chi connectivity index (χ4v) is 2.52. The molecule has 0 saturated carbocycles. The fourth-order valence-electron chi connectivity index (χ4n) is 2.07. The van der Waals surface area contributed by atoms with Crippen molar-refractivity contribution in [3.8, 4) is 0 Å². The van der Waals surface area contributed by atoms with Gasteiger partial charge in [-0.1, -0.05) is 13.0 Å². The molecule has 2 nitrogen and oxygen atoms in total. The highest BCUT2D eigenvalue weighted by Gasteiger charge is 2.34. The van der Waals surface area contributed by atoms with Gasteiger partial charge < -0.3 is 10.6 Å². The van der Waals surface area contributed by atoms with E-state index in [0.717, 1.165) is 12.2 Å². The van der Waals surface area contributed by atoms with Gasteiger partial charge in [-0.3, -0.25) is 0 Å². The first-order valence-electron chi connectivity index (χ1n) is 6.95. The van der Waals surface area contributed by atoms with Gasteiger partial charge in [0.05, 0.1) is 5.56 Å². The lowest BCUT2D eigenvalue weighted by Crippen LogP contribution is -2.25. The number of anilines is 1. The second-order valence-electron chi connectivity index (χ2n) is 5.14. The van der Waals surface area contributed by atoms with E-state index in [2.05, 4.69) is 0 Å². The standard InChI is InChI=1S/C15H23F3N2S/c1-4-12(19)9-11-5-6-14(20(2)7-8-21-3)13(10-11)15(16,17)18/h5-6,10,12H,4,7-9,19H2,1-3H3. The summed E-state index contributed by atoms with van der Waals surface area (Å²) in [5.41, 5.74) is 6.12. The highest BCUT2D eigenvalue weighted by molar-refractivity contribution is 7.98. The second-order valence-corrected chi connectivity index (χ2v) is 6.12. The number of nitrogens with two attached hydrogens (primary N) is 1. The molecule has 6 heteroatoms. The minimum absolute atomic E-state index is 0.105. The Morgan fingerprint density at radius 2 is 2.00 bits per heavy atom. The number of thioether (sulfide) groups is 1. The Bertz CT molecular complexity index is 449. The summed E-state index contributed by atoms with van der Waals surface area (Å²) in [6.07, 6.45) is -1.20. The summed E-state index contributed by atoms with van der Waals surface area (Å²) >= 11 is 1.61. The van der Waals surface area contributed by atoms with E-state index in [1.54, 1.807) is 35.8 Å². The van der Waals surface area contributed by atoms with Gasteiger partial charge in [-0.2, -0.15) is 24.9 Å². The van der Waals surface area contributed by atoms with E-state index in [0.29, 0.717) is 18.5 Å². The molecule has 1 unspecified atom stereocenters. The van der Waals surface area contributed by atoms with Gasteiger partial charge in [0.15, 0.2) is 0 Å². The molecule has 0 radical (unpaired) electrons. The topological polar surface area (TPSA) is 29.3 Å². The van der Waals surface area contributed by atoms with Crippen molar-refractivity contribution >= 4 is 17.4 Å². The molecule has 0 amide bonds. The molecule has 1 aromatic carbocycles. The lowest BCUT2D eigenvalue weighted by Gasteiger charge is -2.24. The summed E-state index contributed by atoms with van der Waals surface area (Å²) in [7, 11) is 1.69. The third kappa shape index (κ3) is 5.43. The van der Waals surface area contributed by atoms with Gasteiger partial charge in [0.2, 0.25) is 0 Å². The smallest absolute Gasteiger partial charge is 0.373 e. The van der Waals surface area contributed by atoms with Crippen molar-refractivity contribution in [2.45, 2.75) is 32.0 Å². The van der Waals surface area contributed by atoms with E-state index >= 15 is 0 Å². The quantitative estimate of drug-likeness (QED) is 0.829. The minimum atomic E-state index is -4.35. The summed E-state index contributed by atoms with van der Waals surface area (Å²) < 4.78 is 39.8. The number of halogens is 3. The predicted molar refractivity (Wildman–Crippen MR) is 85.1 cm³/mol. The van der Waals surface area contributed by atoms with E-state index in [1.165, 1.54) is 6.07 Å². The molecule has 0 fully saturated rings. The van der Waals surface area contributed by atoms with Crippen LogP contribution in [-0.4, -0.2) is 31.6 Å². The SMILES string of the molecule is CCC(N)Cc1ccc(N(C)CCSC)c(C(F)(F)F)c1. The summed E-state index contributed by atoms with van der Waals surface area (Å²) in [4.78, 5) is 1.66. The van der Waals surface area contributed by atoms with E-state index in [-0.39, 0.29) is 11.7 Å². The third-order valence-corrected chi connectivity index (χ3v) is 4.02. The van der Waals surface area contributed by atoms with Gasteiger partial charge >= 0.3 is 6.18 Å². The molecule has 1 rings (SSSR count). The van der Waals surface area contributed by atoms with Crippen molar-refractivity contribution in [2.75, 3.05) is 30.5 Å². The molecule has 120 valence electrons. The third-order valence-electron chi connectivity index (χ3n) is 3.43. The molecule has 1 atom stereocenters. The Kier molecular flexibility index (Phi) is 6.87. The fraction of sp³-hybridized carbons (Fsp3) is 0.600. The molecule has 21 heavy (non-hydrogen) atoms. The lowest BCUT2D eigenvalue weighted by atomic mass is 10.0. The van der Waals surface area contributed by atoms with Crippen molar-refractivity contribution in [1.82, 2.24) is 0 Å². The largest absolute Gasteiger partial charge is 0.418 e. The maximum atomic E-state index is 13.3. The monoisotopic (exact) mass is 320 g/mol. The van der Waals surface area contributed by atoms with Crippen LogP contribution in [0.4, 0.5) is 18.9 Å². The zero-order valence-corrected chi connectivity index (χ0v) is 13.5. The van der Waals surface area contributed by atoms with Crippen molar-refractivity contribution in [2.24, 2.45) is 5.73 Å². The normalized spacial score (nSPS) is 13.3. The Labute approximate surface area is 128 Å². The number of alkyl halides is 3. The highest BCUT2D eigenvalue weighted by Crippen LogP contribution is 2.37. The number of hydrogen-bond donors (Lipinski definition) is 1. The van der Waals surface area contributed by atoms with E-state index in [4.69, 9.17) is 5.73 Å². The molecule has 0 bridgehead atoms. The van der Waals surface area contributed by atoms with Gasteiger partial charge in [-0.15, -0.1) is 0 Å². The van der Waals surface area contributed by atoms with Gasteiger partial charge in [0.25, 0.3) is 0 Å². The maximum absolute atomic E-state index is 13.3. The van der Waals surface area contributed by atoms with Crippen LogP contribution in [0.25, 0.3) is 0 Å². The van der Waals surface area contributed by atoms with Crippen LogP contribution in [0.15, 0.2) is 18.2 Å². The zero-order chi connectivity index (χ0) is 16.0. The molecular weight excluding hydrogens is 297 g/mol. The van der Waals surface area contributed by atoms with Gasteiger partial charge in [0, 0.05) is 31.1 Å². The molecule has 0 aliphatic heterocycles. The van der Waals surface area contributed by atoms with Crippen LogP contribution < -0.4 is 10.6 Å². The first-order valence-corrected chi connectivity index (χ1v) is 8.34. The van der Waals surface area contributed by atoms with E-state index in [9.17, 15) is 13.2 Å². The lowest BCUT2D eigenvalue weighted by molar-refractivity contribution is -0.137.